The van der Waals surface area contributed by atoms with Crippen LogP contribution in [-0.2, 0) is 4.79 Å². The summed E-state index contributed by atoms with van der Waals surface area (Å²) in [6.45, 7) is 1.71. The Morgan fingerprint density at radius 1 is 1.04 bits per heavy atom. The molecule has 0 bridgehead atoms. The molecule has 0 atom stereocenters. The minimum atomic E-state index is -0.362. The molecule has 0 unspecified atom stereocenters. The van der Waals surface area contributed by atoms with Crippen LogP contribution < -0.4 is 4.74 Å². The minimum absolute atomic E-state index is 0.0891. The maximum Gasteiger partial charge on any atom is 0.310 e. The monoisotopic (exact) mass is 321 g/mol. The lowest BCUT2D eigenvalue weighted by molar-refractivity contribution is -0.133. The van der Waals surface area contributed by atoms with Gasteiger partial charge in [0.1, 0.15) is 11.4 Å². The van der Waals surface area contributed by atoms with Crippen molar-refractivity contribution in [2.45, 2.75) is 13.3 Å². The Balaban J connectivity index is 2.09. The van der Waals surface area contributed by atoms with Gasteiger partial charge < -0.3 is 9.84 Å². The summed E-state index contributed by atoms with van der Waals surface area (Å²) in [7, 11) is 0. The summed E-state index contributed by atoms with van der Waals surface area (Å²) in [5.74, 6) is -0.204. The zero-order chi connectivity index (χ0) is 17.1. The van der Waals surface area contributed by atoms with Crippen molar-refractivity contribution in [2.24, 2.45) is 0 Å². The number of benzene rings is 2. The predicted molar refractivity (Wildman–Crippen MR) is 89.2 cm³/mol. The highest BCUT2D eigenvalue weighted by molar-refractivity contribution is 6.15. The number of fused-ring (bicyclic) bond motifs is 1. The highest BCUT2D eigenvalue weighted by atomic mass is 16.5. The highest BCUT2D eigenvalue weighted by Gasteiger charge is 2.17. The number of hydrogen-bond acceptors (Lipinski definition) is 5. The molecule has 0 aliphatic rings. The van der Waals surface area contributed by atoms with Crippen LogP contribution in [0.3, 0.4) is 0 Å². The second kappa shape index (κ2) is 6.50. The normalized spacial score (nSPS) is 10.5. The van der Waals surface area contributed by atoms with Crippen molar-refractivity contribution in [2.75, 3.05) is 0 Å². The van der Waals surface area contributed by atoms with Gasteiger partial charge in [0.15, 0.2) is 5.75 Å². The molecule has 120 valence electrons. The quantitative estimate of drug-likeness (QED) is 0.588. The number of pyridine rings is 1. The molecule has 1 N–H and O–H groups in total. The van der Waals surface area contributed by atoms with Crippen LogP contribution in [0.15, 0.2) is 54.7 Å². The van der Waals surface area contributed by atoms with Crippen molar-refractivity contribution in [1.29, 1.82) is 0 Å². The molecule has 0 spiro atoms. The van der Waals surface area contributed by atoms with Crippen LogP contribution in [0.4, 0.5) is 0 Å². The van der Waals surface area contributed by atoms with Gasteiger partial charge in [-0.15, -0.1) is 0 Å². The summed E-state index contributed by atoms with van der Waals surface area (Å²) in [6.07, 6.45) is 1.64. The Morgan fingerprint density at radius 2 is 1.71 bits per heavy atom. The van der Waals surface area contributed by atoms with Crippen LogP contribution in [0.25, 0.3) is 10.8 Å². The van der Waals surface area contributed by atoms with Crippen molar-refractivity contribution < 1.29 is 19.4 Å². The van der Waals surface area contributed by atoms with E-state index in [-0.39, 0.29) is 29.6 Å². The van der Waals surface area contributed by atoms with Crippen molar-refractivity contribution in [3.05, 3.63) is 66.0 Å². The van der Waals surface area contributed by atoms with Gasteiger partial charge in [0.2, 0.25) is 5.78 Å². The number of rotatable bonds is 4. The fraction of sp³-hybridized carbons (Fsp3) is 0.105. The molecule has 0 saturated carbocycles. The molecule has 1 heterocycles. The van der Waals surface area contributed by atoms with E-state index in [1.54, 1.807) is 43.3 Å². The third-order valence-corrected chi connectivity index (χ3v) is 3.62. The Labute approximate surface area is 138 Å². The van der Waals surface area contributed by atoms with E-state index in [1.165, 1.54) is 18.3 Å². The van der Waals surface area contributed by atoms with E-state index in [0.717, 1.165) is 0 Å². The van der Waals surface area contributed by atoms with E-state index in [2.05, 4.69) is 4.98 Å². The molecule has 0 fully saturated rings. The first-order chi connectivity index (χ1) is 11.6. The number of carbonyl (C=O) groups is 2. The van der Waals surface area contributed by atoms with Crippen molar-refractivity contribution in [3.8, 4) is 11.5 Å². The number of esters is 1. The lowest BCUT2D eigenvalue weighted by atomic mass is 10.0. The first-order valence-corrected chi connectivity index (χ1v) is 7.52. The summed E-state index contributed by atoms with van der Waals surface area (Å²) < 4.78 is 5.29. The number of ketones is 1. The van der Waals surface area contributed by atoms with Gasteiger partial charge >= 0.3 is 5.97 Å². The predicted octanol–water partition coefficient (Wildman–Crippen LogP) is 3.49. The first kappa shape index (κ1) is 15.7. The Kier molecular flexibility index (Phi) is 4.24. The number of hydrogen-bond donors (Lipinski definition) is 1. The Morgan fingerprint density at radius 3 is 2.38 bits per heavy atom. The second-order valence-corrected chi connectivity index (χ2v) is 5.22. The largest absolute Gasteiger partial charge is 0.508 e. The zero-order valence-electron chi connectivity index (χ0n) is 13.0. The van der Waals surface area contributed by atoms with Gasteiger partial charge in [0.25, 0.3) is 0 Å². The van der Waals surface area contributed by atoms with Crippen molar-refractivity contribution >= 4 is 22.5 Å². The van der Waals surface area contributed by atoms with Gasteiger partial charge in [-0.05, 0) is 24.3 Å². The number of phenolic OH excluding ortho intramolecular Hbond substituents is 1. The van der Waals surface area contributed by atoms with Gasteiger partial charge in [0, 0.05) is 22.8 Å². The van der Waals surface area contributed by atoms with E-state index in [4.69, 9.17) is 4.74 Å². The standard InChI is InChI=1S/C19H15NO4/c1-2-17(22)24-16-11-20-18(15-6-4-3-5-14(15)16)19(23)12-7-9-13(21)10-8-12/h3-11,21H,2H2,1H3. The maximum absolute atomic E-state index is 12.7. The average Bonchev–Trinajstić information content (AvgIpc) is 2.62. The zero-order valence-corrected chi connectivity index (χ0v) is 13.0. The van der Waals surface area contributed by atoms with Crippen LogP contribution in [0, 0.1) is 0 Å². The average molecular weight is 321 g/mol. The van der Waals surface area contributed by atoms with E-state index >= 15 is 0 Å². The van der Waals surface area contributed by atoms with E-state index in [0.29, 0.717) is 22.1 Å². The molecule has 3 aromatic rings. The van der Waals surface area contributed by atoms with Gasteiger partial charge in [-0.1, -0.05) is 31.2 Å². The molecule has 5 nitrogen and oxygen atoms in total. The van der Waals surface area contributed by atoms with Crippen LogP contribution in [-0.4, -0.2) is 21.8 Å². The molecule has 0 aliphatic heterocycles. The number of ether oxygens (including phenoxy) is 1. The van der Waals surface area contributed by atoms with Gasteiger partial charge in [-0.25, -0.2) is 4.98 Å². The molecule has 0 aliphatic carbocycles. The van der Waals surface area contributed by atoms with E-state index < -0.39 is 0 Å². The van der Waals surface area contributed by atoms with E-state index in [1.807, 2.05) is 0 Å². The summed E-state index contributed by atoms with van der Waals surface area (Å²) >= 11 is 0. The van der Waals surface area contributed by atoms with Crippen molar-refractivity contribution in [3.63, 3.8) is 0 Å². The van der Waals surface area contributed by atoms with Crippen LogP contribution in [0.2, 0.25) is 0 Å². The first-order valence-electron chi connectivity index (χ1n) is 7.52. The Bertz CT molecular complexity index is 916. The van der Waals surface area contributed by atoms with Crippen LogP contribution >= 0.6 is 0 Å². The van der Waals surface area contributed by atoms with Gasteiger partial charge in [0.05, 0.1) is 6.20 Å². The smallest absolute Gasteiger partial charge is 0.310 e. The minimum Gasteiger partial charge on any atom is -0.508 e. The number of aromatic hydroxyl groups is 1. The molecule has 0 radical (unpaired) electrons. The lowest BCUT2D eigenvalue weighted by Gasteiger charge is -2.10. The Hall–Kier alpha value is -3.21. The topological polar surface area (TPSA) is 76.5 Å². The second-order valence-electron chi connectivity index (χ2n) is 5.22. The molecule has 2 aromatic carbocycles. The molecule has 3 rings (SSSR count). The molecule has 0 amide bonds. The number of aromatic nitrogens is 1. The van der Waals surface area contributed by atoms with E-state index in [9.17, 15) is 14.7 Å². The van der Waals surface area contributed by atoms with Crippen molar-refractivity contribution in [1.82, 2.24) is 4.98 Å². The van der Waals surface area contributed by atoms with Crippen LogP contribution in [0.1, 0.15) is 29.4 Å². The molecule has 0 saturated heterocycles. The lowest BCUT2D eigenvalue weighted by Crippen LogP contribution is -2.09. The fourth-order valence-electron chi connectivity index (χ4n) is 2.37. The maximum atomic E-state index is 12.7. The number of phenols is 1. The number of carbonyl (C=O) groups excluding carboxylic acids is 2. The van der Waals surface area contributed by atoms with Crippen LogP contribution in [0.5, 0.6) is 11.5 Å². The molecular formula is C19H15NO4. The summed E-state index contributed by atoms with van der Waals surface area (Å²) in [4.78, 5) is 28.5. The highest BCUT2D eigenvalue weighted by Crippen LogP contribution is 2.28. The van der Waals surface area contributed by atoms with Gasteiger partial charge in [-0.3, -0.25) is 9.59 Å². The third-order valence-electron chi connectivity index (χ3n) is 3.62. The molecule has 5 heteroatoms. The summed E-state index contributed by atoms with van der Waals surface area (Å²) in [5.41, 5.74) is 0.691. The molecule has 1 aromatic heterocycles. The number of nitrogens with zero attached hydrogens (tertiary/aromatic N) is 1. The van der Waals surface area contributed by atoms with Gasteiger partial charge in [-0.2, -0.15) is 0 Å². The fourth-order valence-corrected chi connectivity index (χ4v) is 2.37. The third kappa shape index (κ3) is 2.96. The molecular weight excluding hydrogens is 306 g/mol. The molecule has 24 heavy (non-hydrogen) atoms. The summed E-state index contributed by atoms with van der Waals surface area (Å²) in [5, 5.41) is 10.6. The summed E-state index contributed by atoms with van der Waals surface area (Å²) in [6, 6.07) is 13.1. The SMILES string of the molecule is CCC(=O)Oc1cnc(C(=O)c2ccc(O)cc2)c2ccccc12.